The number of benzene rings is 3. The van der Waals surface area contributed by atoms with Crippen molar-refractivity contribution in [3.05, 3.63) is 75.2 Å². The number of carbonyl (C=O) groups excluding carboxylic acids is 1. The van der Waals surface area contributed by atoms with E-state index in [-0.39, 0.29) is 12.1 Å². The van der Waals surface area contributed by atoms with Crippen molar-refractivity contribution in [1.29, 1.82) is 0 Å². The van der Waals surface area contributed by atoms with Crippen LogP contribution in [0.5, 0.6) is 5.75 Å². The smallest absolute Gasteiger partial charge is 0.329 e. The maximum Gasteiger partial charge on any atom is 0.329 e. The SMILES string of the molecule is CN1CC[C@H](Oc2cc(-c3ccccc3Cl)c3c(c2)N(c2c(Cl)cccc2Cl)C(=O)N(C)C3)C1. The molecule has 34 heavy (non-hydrogen) atoms. The van der Waals surface area contributed by atoms with E-state index in [1.165, 1.54) is 0 Å². The molecule has 1 saturated heterocycles. The molecule has 0 bridgehead atoms. The number of hydrogen-bond acceptors (Lipinski definition) is 3. The number of halogens is 3. The molecule has 5 rings (SSSR count). The number of urea groups is 1. The van der Waals surface area contributed by atoms with Gasteiger partial charge in [0.05, 0.1) is 21.4 Å². The first kappa shape index (κ1) is 23.3. The van der Waals surface area contributed by atoms with Crippen molar-refractivity contribution < 1.29 is 9.53 Å². The molecule has 2 aliphatic rings. The van der Waals surface area contributed by atoms with E-state index in [2.05, 4.69) is 11.9 Å². The van der Waals surface area contributed by atoms with Gasteiger partial charge in [0.25, 0.3) is 0 Å². The molecule has 5 nitrogen and oxygen atoms in total. The lowest BCUT2D eigenvalue weighted by atomic mass is 9.95. The predicted octanol–water partition coefficient (Wildman–Crippen LogP) is 7.10. The van der Waals surface area contributed by atoms with Crippen LogP contribution in [0.25, 0.3) is 11.1 Å². The molecule has 3 aromatic carbocycles. The van der Waals surface area contributed by atoms with Crippen molar-refractivity contribution >= 4 is 52.2 Å². The summed E-state index contributed by atoms with van der Waals surface area (Å²) in [7, 11) is 3.85. The molecule has 0 aliphatic carbocycles. The number of fused-ring (bicyclic) bond motifs is 1. The number of likely N-dealkylation sites (tertiary alicyclic amines) is 1. The average molecular weight is 517 g/mol. The molecule has 1 fully saturated rings. The van der Waals surface area contributed by atoms with Crippen LogP contribution in [-0.2, 0) is 6.54 Å². The lowest BCUT2D eigenvalue weighted by Gasteiger charge is -2.37. The van der Waals surface area contributed by atoms with Gasteiger partial charge in [0.2, 0.25) is 0 Å². The van der Waals surface area contributed by atoms with Crippen LogP contribution in [-0.4, -0.2) is 49.1 Å². The Morgan fingerprint density at radius 3 is 2.29 bits per heavy atom. The summed E-state index contributed by atoms with van der Waals surface area (Å²) < 4.78 is 6.42. The molecule has 2 amide bonds. The third-order valence-electron chi connectivity index (χ3n) is 6.33. The van der Waals surface area contributed by atoms with Gasteiger partial charge in [0, 0.05) is 48.9 Å². The van der Waals surface area contributed by atoms with E-state index in [0.717, 1.165) is 36.2 Å². The predicted molar refractivity (Wildman–Crippen MR) is 139 cm³/mol. The number of rotatable bonds is 4. The van der Waals surface area contributed by atoms with Crippen LogP contribution < -0.4 is 9.64 Å². The second-order valence-corrected chi connectivity index (χ2v) is 10.0. The van der Waals surface area contributed by atoms with Gasteiger partial charge in [-0.3, -0.25) is 4.90 Å². The number of likely N-dealkylation sites (N-methyl/N-ethyl adjacent to an activating group) is 1. The van der Waals surface area contributed by atoms with E-state index in [4.69, 9.17) is 39.5 Å². The molecule has 0 saturated carbocycles. The number of amides is 2. The summed E-state index contributed by atoms with van der Waals surface area (Å²) >= 11 is 19.8. The van der Waals surface area contributed by atoms with Gasteiger partial charge in [-0.2, -0.15) is 0 Å². The molecule has 0 N–H and O–H groups in total. The lowest BCUT2D eigenvalue weighted by Crippen LogP contribution is -2.43. The van der Waals surface area contributed by atoms with Gasteiger partial charge in [0.15, 0.2) is 0 Å². The first-order valence-electron chi connectivity index (χ1n) is 11.1. The number of hydrogen-bond donors (Lipinski definition) is 0. The highest BCUT2D eigenvalue weighted by molar-refractivity contribution is 6.40. The molecule has 176 valence electrons. The highest BCUT2D eigenvalue weighted by Crippen LogP contribution is 2.47. The first-order valence-corrected chi connectivity index (χ1v) is 12.2. The Morgan fingerprint density at radius 2 is 1.62 bits per heavy atom. The van der Waals surface area contributed by atoms with Crippen LogP contribution in [0.3, 0.4) is 0 Å². The Kier molecular flexibility index (Phi) is 6.38. The quantitative estimate of drug-likeness (QED) is 0.371. The zero-order valence-corrected chi connectivity index (χ0v) is 21.2. The van der Waals surface area contributed by atoms with Gasteiger partial charge in [0.1, 0.15) is 11.9 Å². The Hall–Kier alpha value is -2.44. The minimum absolute atomic E-state index is 0.0708. The summed E-state index contributed by atoms with van der Waals surface area (Å²) in [5, 5.41) is 1.42. The van der Waals surface area contributed by atoms with Crippen molar-refractivity contribution in [2.75, 3.05) is 32.1 Å². The van der Waals surface area contributed by atoms with Crippen LogP contribution in [0, 0.1) is 0 Å². The number of ether oxygens (including phenoxy) is 1. The fourth-order valence-corrected chi connectivity index (χ4v) is 5.47. The molecule has 0 radical (unpaired) electrons. The molecule has 0 spiro atoms. The molecule has 8 heteroatoms. The fraction of sp³-hybridized carbons (Fsp3) is 0.269. The minimum atomic E-state index is -0.217. The van der Waals surface area contributed by atoms with Gasteiger partial charge in [-0.25, -0.2) is 4.79 Å². The van der Waals surface area contributed by atoms with Gasteiger partial charge < -0.3 is 14.5 Å². The molecular formula is C26H24Cl3N3O2. The van der Waals surface area contributed by atoms with Crippen LogP contribution >= 0.6 is 34.8 Å². The molecular weight excluding hydrogens is 493 g/mol. The molecule has 2 heterocycles. The maximum atomic E-state index is 13.5. The average Bonchev–Trinajstić information content (AvgIpc) is 3.21. The number of carbonyl (C=O) groups is 1. The van der Waals surface area contributed by atoms with Crippen molar-refractivity contribution in [3.8, 4) is 16.9 Å². The van der Waals surface area contributed by atoms with Gasteiger partial charge >= 0.3 is 6.03 Å². The van der Waals surface area contributed by atoms with E-state index >= 15 is 0 Å². The number of nitrogens with zero attached hydrogens (tertiary/aromatic N) is 3. The van der Waals surface area contributed by atoms with E-state index in [0.29, 0.717) is 38.7 Å². The number of para-hydroxylation sites is 1. The molecule has 0 unspecified atom stereocenters. The monoisotopic (exact) mass is 515 g/mol. The topological polar surface area (TPSA) is 36.0 Å². The Labute approximate surface area is 214 Å². The van der Waals surface area contributed by atoms with Crippen LogP contribution in [0.15, 0.2) is 54.6 Å². The molecule has 2 aliphatic heterocycles. The van der Waals surface area contributed by atoms with Crippen molar-refractivity contribution in [1.82, 2.24) is 9.80 Å². The normalized spacial score (nSPS) is 18.4. The Morgan fingerprint density at radius 1 is 0.912 bits per heavy atom. The summed E-state index contributed by atoms with van der Waals surface area (Å²) in [5.74, 6) is 0.680. The summed E-state index contributed by atoms with van der Waals surface area (Å²) in [6.45, 7) is 2.25. The standard InChI is InChI=1S/C26H24Cl3N3O2/c1-30-11-10-16(14-30)34-17-12-19(18-6-3-4-7-21(18)27)20-15-31(2)26(33)32(24(20)13-17)25-22(28)8-5-9-23(25)29/h3-9,12-13,16H,10-11,14-15H2,1-2H3/t16-/m0/s1. The van der Waals surface area contributed by atoms with Gasteiger partial charge in [-0.1, -0.05) is 59.1 Å². The Bertz CT molecular complexity index is 1250. The fourth-order valence-electron chi connectivity index (χ4n) is 4.67. The van der Waals surface area contributed by atoms with E-state index in [1.807, 2.05) is 36.4 Å². The number of anilines is 2. The molecule has 0 aromatic heterocycles. The van der Waals surface area contributed by atoms with Gasteiger partial charge in [-0.15, -0.1) is 0 Å². The third-order valence-corrected chi connectivity index (χ3v) is 7.27. The van der Waals surface area contributed by atoms with E-state index in [9.17, 15) is 4.79 Å². The van der Waals surface area contributed by atoms with Crippen molar-refractivity contribution in [2.45, 2.75) is 19.1 Å². The van der Waals surface area contributed by atoms with Crippen LogP contribution in [0.4, 0.5) is 16.2 Å². The van der Waals surface area contributed by atoms with Crippen molar-refractivity contribution in [2.24, 2.45) is 0 Å². The largest absolute Gasteiger partial charge is 0.489 e. The second kappa shape index (κ2) is 9.31. The molecule has 1 atom stereocenters. The summed E-state index contributed by atoms with van der Waals surface area (Å²) in [6, 6.07) is 16.6. The second-order valence-electron chi connectivity index (χ2n) is 8.78. The van der Waals surface area contributed by atoms with E-state index in [1.54, 1.807) is 35.0 Å². The van der Waals surface area contributed by atoms with Gasteiger partial charge in [-0.05, 0) is 43.3 Å². The summed E-state index contributed by atoms with van der Waals surface area (Å²) in [6.07, 6.45) is 1.01. The van der Waals surface area contributed by atoms with E-state index < -0.39 is 0 Å². The van der Waals surface area contributed by atoms with Crippen molar-refractivity contribution in [3.63, 3.8) is 0 Å². The Balaban J connectivity index is 1.73. The first-order chi connectivity index (χ1) is 16.3. The summed E-state index contributed by atoms with van der Waals surface area (Å²) in [4.78, 5) is 18.9. The summed E-state index contributed by atoms with van der Waals surface area (Å²) in [5.41, 5.74) is 3.88. The highest BCUT2D eigenvalue weighted by Gasteiger charge is 2.35. The third kappa shape index (κ3) is 4.22. The lowest BCUT2D eigenvalue weighted by molar-refractivity contribution is 0.207. The zero-order chi connectivity index (χ0) is 24.0. The maximum absolute atomic E-state index is 13.5. The van der Waals surface area contributed by atoms with Crippen LogP contribution in [0.2, 0.25) is 15.1 Å². The zero-order valence-electron chi connectivity index (χ0n) is 18.9. The minimum Gasteiger partial charge on any atom is -0.489 e. The molecule has 3 aromatic rings. The highest BCUT2D eigenvalue weighted by atomic mass is 35.5. The van der Waals surface area contributed by atoms with Crippen LogP contribution in [0.1, 0.15) is 12.0 Å².